The molecule has 0 saturated heterocycles. The molecule has 0 N–H and O–H groups in total. The molecule has 0 unspecified atom stereocenters. The molecule has 0 bridgehead atoms. The normalized spacial score (nSPS) is 14.0. The second-order valence-corrected chi connectivity index (χ2v) is 6.14. The molecule has 6 nitrogen and oxygen atoms in total. The summed E-state index contributed by atoms with van der Waals surface area (Å²) in [7, 11) is 1.68. The first kappa shape index (κ1) is 18.9. The van der Waals surface area contributed by atoms with Crippen molar-refractivity contribution in [3.8, 4) is 0 Å². The number of amides is 1. The molecule has 27 heavy (non-hydrogen) atoms. The van der Waals surface area contributed by atoms with Crippen LogP contribution in [0.15, 0.2) is 24.3 Å². The molecular weight excluding hydrogens is 363 g/mol. The maximum Gasteiger partial charge on any atom is 0.417 e. The molecule has 1 aromatic carbocycles. The van der Waals surface area contributed by atoms with Crippen LogP contribution >= 0.6 is 0 Å². The van der Waals surface area contributed by atoms with Crippen molar-refractivity contribution in [2.75, 3.05) is 13.2 Å². The van der Waals surface area contributed by atoms with E-state index in [2.05, 4.69) is 5.10 Å². The second-order valence-electron chi connectivity index (χ2n) is 6.14. The molecule has 1 aliphatic heterocycles. The SMILES string of the molecule is CCOC(=O)c1nn(C)c2c1CN(C(=O)c1ccccc1C(F)(F)F)CC2. The Bertz CT molecular complexity index is 890. The maximum absolute atomic E-state index is 13.2. The van der Waals surface area contributed by atoms with Crippen molar-refractivity contribution in [3.63, 3.8) is 0 Å². The van der Waals surface area contributed by atoms with Gasteiger partial charge in [-0.3, -0.25) is 9.48 Å². The number of aryl methyl sites for hydroxylation is 1. The van der Waals surface area contributed by atoms with E-state index in [0.29, 0.717) is 12.0 Å². The van der Waals surface area contributed by atoms with Crippen LogP contribution in [-0.4, -0.2) is 39.7 Å². The first-order valence-electron chi connectivity index (χ1n) is 8.41. The van der Waals surface area contributed by atoms with Crippen LogP contribution in [0.2, 0.25) is 0 Å². The van der Waals surface area contributed by atoms with Crippen LogP contribution in [0.1, 0.15) is 44.6 Å². The number of ether oxygens (including phenoxy) is 1. The highest BCUT2D eigenvalue weighted by atomic mass is 19.4. The highest BCUT2D eigenvalue weighted by molar-refractivity contribution is 5.96. The van der Waals surface area contributed by atoms with Gasteiger partial charge in [-0.2, -0.15) is 18.3 Å². The van der Waals surface area contributed by atoms with E-state index in [9.17, 15) is 22.8 Å². The molecule has 0 atom stereocenters. The fourth-order valence-corrected chi connectivity index (χ4v) is 3.22. The minimum Gasteiger partial charge on any atom is -0.461 e. The minimum absolute atomic E-state index is 0.00233. The molecule has 0 aliphatic carbocycles. The zero-order valence-electron chi connectivity index (χ0n) is 14.8. The van der Waals surface area contributed by atoms with Crippen LogP contribution in [0.5, 0.6) is 0 Å². The van der Waals surface area contributed by atoms with Crippen LogP contribution in [0.25, 0.3) is 0 Å². The molecule has 144 valence electrons. The average Bonchev–Trinajstić information content (AvgIpc) is 2.97. The summed E-state index contributed by atoms with van der Waals surface area (Å²) >= 11 is 0. The summed E-state index contributed by atoms with van der Waals surface area (Å²) in [4.78, 5) is 26.2. The summed E-state index contributed by atoms with van der Waals surface area (Å²) in [6.45, 7) is 2.07. The summed E-state index contributed by atoms with van der Waals surface area (Å²) in [5.74, 6) is -1.34. The van der Waals surface area contributed by atoms with Crippen molar-refractivity contribution < 1.29 is 27.5 Å². The quantitative estimate of drug-likeness (QED) is 0.767. The van der Waals surface area contributed by atoms with Gasteiger partial charge in [-0.15, -0.1) is 0 Å². The van der Waals surface area contributed by atoms with Crippen LogP contribution in [0.3, 0.4) is 0 Å². The number of nitrogens with zero attached hydrogens (tertiary/aromatic N) is 3. The zero-order valence-corrected chi connectivity index (χ0v) is 14.8. The first-order chi connectivity index (χ1) is 12.7. The molecule has 0 saturated carbocycles. The number of hydrogen-bond acceptors (Lipinski definition) is 4. The Labute approximate surface area is 153 Å². The van der Waals surface area contributed by atoms with Crippen molar-refractivity contribution in [2.24, 2.45) is 7.05 Å². The summed E-state index contributed by atoms with van der Waals surface area (Å²) in [6.07, 6.45) is -4.24. The van der Waals surface area contributed by atoms with Gasteiger partial charge in [0.25, 0.3) is 5.91 Å². The number of esters is 1. The molecule has 1 aliphatic rings. The Hall–Kier alpha value is -2.84. The number of carbonyl (C=O) groups is 2. The molecule has 0 fully saturated rings. The summed E-state index contributed by atoms with van der Waals surface area (Å²) in [6, 6.07) is 4.69. The van der Waals surface area contributed by atoms with Gasteiger partial charge in [0.1, 0.15) is 0 Å². The molecule has 2 aromatic rings. The van der Waals surface area contributed by atoms with E-state index in [1.54, 1.807) is 18.7 Å². The van der Waals surface area contributed by atoms with Crippen molar-refractivity contribution in [1.82, 2.24) is 14.7 Å². The van der Waals surface area contributed by atoms with Gasteiger partial charge < -0.3 is 9.64 Å². The average molecular weight is 381 g/mol. The van der Waals surface area contributed by atoms with Gasteiger partial charge in [0.05, 0.1) is 24.3 Å². The van der Waals surface area contributed by atoms with Crippen LogP contribution in [-0.2, 0) is 30.9 Å². The van der Waals surface area contributed by atoms with Gasteiger partial charge in [-0.05, 0) is 19.1 Å². The molecule has 0 spiro atoms. The monoisotopic (exact) mass is 381 g/mol. The number of alkyl halides is 3. The number of hydrogen-bond donors (Lipinski definition) is 0. The lowest BCUT2D eigenvalue weighted by Gasteiger charge is -2.28. The van der Waals surface area contributed by atoms with E-state index in [4.69, 9.17) is 4.74 Å². The number of fused-ring (bicyclic) bond motifs is 1. The van der Waals surface area contributed by atoms with Gasteiger partial charge in [0.2, 0.25) is 0 Å². The number of benzene rings is 1. The Morgan fingerprint density at radius 1 is 1.26 bits per heavy atom. The Kier molecular flexibility index (Phi) is 4.95. The van der Waals surface area contributed by atoms with Crippen molar-refractivity contribution in [3.05, 3.63) is 52.3 Å². The largest absolute Gasteiger partial charge is 0.461 e. The standard InChI is InChI=1S/C18H18F3N3O3/c1-3-27-17(26)15-12-10-24(9-8-14(12)23(2)22-15)16(25)11-6-4-5-7-13(11)18(19,20)21/h4-7H,3,8-10H2,1-2H3. The molecule has 1 aromatic heterocycles. The summed E-state index contributed by atoms with van der Waals surface area (Å²) in [5, 5.41) is 4.16. The lowest BCUT2D eigenvalue weighted by molar-refractivity contribution is -0.138. The van der Waals surface area contributed by atoms with E-state index in [1.807, 2.05) is 0 Å². The maximum atomic E-state index is 13.2. The van der Waals surface area contributed by atoms with E-state index in [-0.39, 0.29) is 25.4 Å². The summed E-state index contributed by atoms with van der Waals surface area (Å²) in [5.41, 5.74) is -0.00479. The predicted molar refractivity (Wildman–Crippen MR) is 89.1 cm³/mol. The number of rotatable bonds is 3. The predicted octanol–water partition coefficient (Wildman–Crippen LogP) is 2.81. The lowest BCUT2D eigenvalue weighted by Crippen LogP contribution is -2.37. The van der Waals surface area contributed by atoms with Crippen LogP contribution in [0.4, 0.5) is 13.2 Å². The van der Waals surface area contributed by atoms with E-state index >= 15 is 0 Å². The Morgan fingerprint density at radius 3 is 2.63 bits per heavy atom. The highest BCUT2D eigenvalue weighted by Gasteiger charge is 2.37. The Morgan fingerprint density at radius 2 is 1.96 bits per heavy atom. The molecule has 9 heteroatoms. The van der Waals surface area contributed by atoms with E-state index < -0.39 is 29.2 Å². The molecule has 0 radical (unpaired) electrons. The van der Waals surface area contributed by atoms with Crippen LogP contribution < -0.4 is 0 Å². The number of carbonyl (C=O) groups excluding carboxylic acids is 2. The third-order valence-corrected chi connectivity index (χ3v) is 4.46. The van der Waals surface area contributed by atoms with Crippen molar-refractivity contribution >= 4 is 11.9 Å². The van der Waals surface area contributed by atoms with Gasteiger partial charge in [0.15, 0.2) is 5.69 Å². The van der Waals surface area contributed by atoms with Crippen molar-refractivity contribution in [2.45, 2.75) is 26.1 Å². The number of aromatic nitrogens is 2. The minimum atomic E-state index is -4.63. The first-order valence-corrected chi connectivity index (χ1v) is 8.41. The van der Waals surface area contributed by atoms with Crippen LogP contribution in [0, 0.1) is 0 Å². The second kappa shape index (κ2) is 7.05. The third-order valence-electron chi connectivity index (χ3n) is 4.46. The summed E-state index contributed by atoms with van der Waals surface area (Å²) < 4.78 is 46.2. The molecule has 3 rings (SSSR count). The van der Waals surface area contributed by atoms with Crippen molar-refractivity contribution in [1.29, 1.82) is 0 Å². The molecule has 1 amide bonds. The molecule has 2 heterocycles. The van der Waals surface area contributed by atoms with Gasteiger partial charge in [-0.25, -0.2) is 4.79 Å². The van der Waals surface area contributed by atoms with Gasteiger partial charge >= 0.3 is 12.1 Å². The smallest absolute Gasteiger partial charge is 0.417 e. The zero-order chi connectivity index (χ0) is 19.8. The lowest BCUT2D eigenvalue weighted by atomic mass is 10.0. The van der Waals surface area contributed by atoms with Gasteiger partial charge in [-0.1, -0.05) is 12.1 Å². The van der Waals surface area contributed by atoms with Gasteiger partial charge in [0, 0.05) is 31.3 Å². The highest BCUT2D eigenvalue weighted by Crippen LogP contribution is 2.33. The topological polar surface area (TPSA) is 64.4 Å². The fraction of sp³-hybridized carbons (Fsp3) is 0.389. The molecular formula is C18H18F3N3O3. The fourth-order valence-electron chi connectivity index (χ4n) is 3.22. The Balaban J connectivity index is 1.93. The third kappa shape index (κ3) is 3.54. The number of halogens is 3. The van der Waals surface area contributed by atoms with E-state index in [0.717, 1.165) is 17.8 Å². The van der Waals surface area contributed by atoms with E-state index in [1.165, 1.54) is 17.0 Å².